The fourth-order valence-electron chi connectivity index (χ4n) is 3.72. The number of carbonyl (C=O) groups excluding carboxylic acids is 3. The molecule has 2 aromatic heterocycles. The third kappa shape index (κ3) is 4.93. The fourth-order valence-corrected chi connectivity index (χ4v) is 5.66. The zero-order valence-corrected chi connectivity index (χ0v) is 19.7. The largest absolute Gasteiger partial charge is 0.465 e. The average molecular weight is 467 g/mol. The Balaban J connectivity index is 1.73. The summed E-state index contributed by atoms with van der Waals surface area (Å²) in [6.07, 6.45) is 4.67. The molecule has 0 bridgehead atoms. The van der Waals surface area contributed by atoms with Gasteiger partial charge in [-0.2, -0.15) is 0 Å². The van der Waals surface area contributed by atoms with Crippen molar-refractivity contribution in [3.63, 3.8) is 0 Å². The van der Waals surface area contributed by atoms with Crippen molar-refractivity contribution in [3.8, 4) is 0 Å². The van der Waals surface area contributed by atoms with E-state index in [9.17, 15) is 14.4 Å². The van der Waals surface area contributed by atoms with Crippen molar-refractivity contribution in [2.75, 3.05) is 25.3 Å². The van der Waals surface area contributed by atoms with Gasteiger partial charge in [-0.1, -0.05) is 24.6 Å². The predicted molar refractivity (Wildman–Crippen MR) is 118 cm³/mol. The number of esters is 2. The van der Waals surface area contributed by atoms with Crippen LogP contribution < -0.4 is 5.32 Å². The highest BCUT2D eigenvalue weighted by atomic mass is 32.2. The number of aromatic nitrogens is 3. The molecule has 0 unspecified atom stereocenters. The Morgan fingerprint density at radius 2 is 1.84 bits per heavy atom. The molecule has 3 rings (SSSR count). The Bertz CT molecular complexity index is 979. The number of thiophene rings is 1. The topological polar surface area (TPSA) is 112 Å². The third-order valence-corrected chi connectivity index (χ3v) is 7.43. The third-order valence-electron chi connectivity index (χ3n) is 5.27. The van der Waals surface area contributed by atoms with Gasteiger partial charge in [0.2, 0.25) is 5.91 Å². The summed E-state index contributed by atoms with van der Waals surface area (Å²) in [6, 6.07) is 0. The van der Waals surface area contributed by atoms with Gasteiger partial charge in [0.05, 0.1) is 25.5 Å². The highest BCUT2D eigenvalue weighted by Crippen LogP contribution is 2.36. The Morgan fingerprint density at radius 3 is 2.45 bits per heavy atom. The molecule has 2 heterocycles. The molecule has 0 saturated heterocycles. The molecule has 11 heteroatoms. The lowest BCUT2D eigenvalue weighted by Crippen LogP contribution is -2.16. The molecule has 1 fully saturated rings. The minimum absolute atomic E-state index is 0.0912. The first-order valence-corrected chi connectivity index (χ1v) is 11.9. The van der Waals surface area contributed by atoms with Crippen LogP contribution in [-0.4, -0.2) is 52.6 Å². The summed E-state index contributed by atoms with van der Waals surface area (Å²) in [5.41, 5.74) is 0.574. The first-order chi connectivity index (χ1) is 14.9. The first-order valence-electron chi connectivity index (χ1n) is 10.1. The van der Waals surface area contributed by atoms with Crippen molar-refractivity contribution in [1.29, 1.82) is 0 Å². The molecule has 1 N–H and O–H groups in total. The number of hydrogen-bond donors (Lipinski definition) is 1. The molecule has 0 aromatic carbocycles. The molecule has 0 radical (unpaired) electrons. The quantitative estimate of drug-likeness (QED) is 0.464. The van der Waals surface area contributed by atoms with E-state index >= 15 is 0 Å². The van der Waals surface area contributed by atoms with E-state index in [4.69, 9.17) is 9.47 Å². The van der Waals surface area contributed by atoms with Crippen LogP contribution in [0.15, 0.2) is 5.16 Å². The van der Waals surface area contributed by atoms with E-state index in [1.165, 1.54) is 38.8 Å². The summed E-state index contributed by atoms with van der Waals surface area (Å²) in [6.45, 7) is 4.40. The van der Waals surface area contributed by atoms with E-state index in [-0.39, 0.29) is 27.1 Å². The predicted octanol–water partition coefficient (Wildman–Crippen LogP) is 3.63. The summed E-state index contributed by atoms with van der Waals surface area (Å²) >= 11 is 2.29. The Hall–Kier alpha value is -2.40. The van der Waals surface area contributed by atoms with Crippen LogP contribution in [0.3, 0.4) is 0 Å². The van der Waals surface area contributed by atoms with Crippen LogP contribution in [0.5, 0.6) is 0 Å². The van der Waals surface area contributed by atoms with Crippen LogP contribution in [0.4, 0.5) is 5.00 Å². The maximum Gasteiger partial charge on any atom is 0.348 e. The van der Waals surface area contributed by atoms with Gasteiger partial charge in [0.25, 0.3) is 0 Å². The minimum Gasteiger partial charge on any atom is -0.465 e. The number of nitrogens with one attached hydrogen (secondary N) is 1. The molecule has 1 aliphatic carbocycles. The monoisotopic (exact) mass is 466 g/mol. The van der Waals surface area contributed by atoms with Gasteiger partial charge in [-0.3, -0.25) is 4.79 Å². The van der Waals surface area contributed by atoms with E-state index in [0.717, 1.165) is 36.5 Å². The normalized spacial score (nSPS) is 13.9. The van der Waals surface area contributed by atoms with Crippen molar-refractivity contribution < 1.29 is 23.9 Å². The van der Waals surface area contributed by atoms with Crippen molar-refractivity contribution in [2.24, 2.45) is 0 Å². The highest BCUT2D eigenvalue weighted by Gasteiger charge is 2.27. The number of nitrogens with zero attached hydrogens (tertiary/aromatic N) is 3. The van der Waals surface area contributed by atoms with Gasteiger partial charge in [-0.15, -0.1) is 21.5 Å². The highest BCUT2D eigenvalue weighted by molar-refractivity contribution is 7.99. The Kier molecular flexibility index (Phi) is 7.71. The molecule has 0 atom stereocenters. The van der Waals surface area contributed by atoms with Gasteiger partial charge >= 0.3 is 11.9 Å². The maximum absolute atomic E-state index is 12.6. The molecular weight excluding hydrogens is 440 g/mol. The van der Waals surface area contributed by atoms with Crippen LogP contribution >= 0.6 is 23.1 Å². The summed E-state index contributed by atoms with van der Waals surface area (Å²) in [4.78, 5) is 37.1. The number of anilines is 1. The lowest BCUT2D eigenvalue weighted by Gasteiger charge is -2.11. The number of rotatable bonds is 8. The van der Waals surface area contributed by atoms with Crippen molar-refractivity contribution in [3.05, 3.63) is 21.8 Å². The molecule has 1 aliphatic rings. The minimum atomic E-state index is -0.626. The standard InChI is InChI=1S/C20H26N4O5S2/c1-5-24-16(12-8-6-7-9-12)22-23-20(24)30-10-13(25)21-17-14(18(26)28-3)11(2)15(31-17)19(27)29-4/h12H,5-10H2,1-4H3,(H,21,25). The van der Waals surface area contributed by atoms with Crippen molar-refractivity contribution >= 4 is 45.9 Å². The molecule has 0 aliphatic heterocycles. The zero-order valence-electron chi connectivity index (χ0n) is 18.0. The van der Waals surface area contributed by atoms with E-state index in [1.807, 2.05) is 6.92 Å². The molecule has 1 saturated carbocycles. The molecule has 2 aromatic rings. The number of methoxy groups -OCH3 is 2. The van der Waals surface area contributed by atoms with Gasteiger partial charge in [0.1, 0.15) is 15.7 Å². The number of thioether (sulfide) groups is 1. The number of carbonyl (C=O) groups is 3. The van der Waals surface area contributed by atoms with Crippen LogP contribution in [0.2, 0.25) is 0 Å². The number of amides is 1. The molecule has 31 heavy (non-hydrogen) atoms. The SMILES string of the molecule is CCn1c(SCC(=O)Nc2sc(C(=O)OC)c(C)c2C(=O)OC)nnc1C1CCCC1. The van der Waals surface area contributed by atoms with Crippen LogP contribution in [-0.2, 0) is 20.8 Å². The fraction of sp³-hybridized carbons (Fsp3) is 0.550. The van der Waals surface area contributed by atoms with Crippen molar-refractivity contribution in [1.82, 2.24) is 14.8 Å². The zero-order chi connectivity index (χ0) is 22.5. The van der Waals surface area contributed by atoms with Crippen LogP contribution in [0, 0.1) is 6.92 Å². The molecular formula is C20H26N4O5S2. The van der Waals surface area contributed by atoms with Crippen LogP contribution in [0.25, 0.3) is 0 Å². The smallest absolute Gasteiger partial charge is 0.348 e. The summed E-state index contributed by atoms with van der Waals surface area (Å²) in [7, 11) is 2.51. The Labute approximate surface area is 188 Å². The summed E-state index contributed by atoms with van der Waals surface area (Å²) in [5, 5.41) is 12.3. The van der Waals surface area contributed by atoms with E-state index in [2.05, 4.69) is 20.1 Å². The van der Waals surface area contributed by atoms with Gasteiger partial charge in [-0.05, 0) is 32.3 Å². The van der Waals surface area contributed by atoms with Gasteiger partial charge in [0.15, 0.2) is 5.16 Å². The molecule has 168 valence electrons. The van der Waals surface area contributed by atoms with E-state index < -0.39 is 11.9 Å². The molecule has 9 nitrogen and oxygen atoms in total. The van der Waals surface area contributed by atoms with Gasteiger partial charge in [0, 0.05) is 12.5 Å². The molecule has 1 amide bonds. The Morgan fingerprint density at radius 1 is 1.16 bits per heavy atom. The van der Waals surface area contributed by atoms with E-state index in [0.29, 0.717) is 16.6 Å². The first kappa shape index (κ1) is 23.3. The summed E-state index contributed by atoms with van der Waals surface area (Å²) < 4.78 is 11.6. The molecule has 0 spiro atoms. The van der Waals surface area contributed by atoms with Crippen molar-refractivity contribution in [2.45, 2.75) is 57.1 Å². The second-order valence-corrected chi connectivity index (χ2v) is 9.11. The van der Waals surface area contributed by atoms with Crippen LogP contribution in [0.1, 0.15) is 69.9 Å². The maximum atomic E-state index is 12.6. The van der Waals surface area contributed by atoms with Gasteiger partial charge in [-0.25, -0.2) is 9.59 Å². The number of hydrogen-bond acceptors (Lipinski definition) is 9. The van der Waals surface area contributed by atoms with Gasteiger partial charge < -0.3 is 19.4 Å². The number of ether oxygens (including phenoxy) is 2. The second-order valence-electron chi connectivity index (χ2n) is 7.15. The lowest BCUT2D eigenvalue weighted by molar-refractivity contribution is -0.113. The lowest BCUT2D eigenvalue weighted by atomic mass is 10.1. The summed E-state index contributed by atoms with van der Waals surface area (Å²) in [5.74, 6) is 0.00254. The van der Waals surface area contributed by atoms with E-state index in [1.54, 1.807) is 6.92 Å². The average Bonchev–Trinajstić information content (AvgIpc) is 3.49. The second kappa shape index (κ2) is 10.3.